The minimum Gasteiger partial charge on any atom is -0.497 e. The van der Waals surface area contributed by atoms with Crippen LogP contribution < -0.4 is 14.5 Å². The number of piperazine rings is 1. The molecule has 1 saturated heterocycles. The van der Waals surface area contributed by atoms with Gasteiger partial charge in [-0.15, -0.1) is 5.10 Å². The SMILES string of the molecule is COc1ccc(N2CCN([C@@H](c3ccc(N(C)C)cc3)c3nnnn3C(C)C)CC2)cc1. The molecule has 1 atom stereocenters. The minimum atomic E-state index is 0.0154. The fourth-order valence-corrected chi connectivity index (χ4v) is 4.26. The van der Waals surface area contributed by atoms with Gasteiger partial charge >= 0.3 is 0 Å². The van der Waals surface area contributed by atoms with Gasteiger partial charge in [-0.1, -0.05) is 12.1 Å². The van der Waals surface area contributed by atoms with Gasteiger partial charge < -0.3 is 14.5 Å². The van der Waals surface area contributed by atoms with E-state index in [1.165, 1.54) is 16.9 Å². The lowest BCUT2D eigenvalue weighted by molar-refractivity contribution is 0.199. The molecule has 1 aliphatic heterocycles. The van der Waals surface area contributed by atoms with Crippen molar-refractivity contribution in [3.05, 3.63) is 59.9 Å². The number of nitrogens with zero attached hydrogens (tertiary/aromatic N) is 7. The Labute approximate surface area is 190 Å². The number of rotatable bonds is 7. The van der Waals surface area contributed by atoms with Crippen molar-refractivity contribution in [3.63, 3.8) is 0 Å². The first-order chi connectivity index (χ1) is 15.5. The lowest BCUT2D eigenvalue weighted by Crippen LogP contribution is -2.48. The van der Waals surface area contributed by atoms with Crippen LogP contribution in [0.4, 0.5) is 11.4 Å². The van der Waals surface area contributed by atoms with Gasteiger partial charge in [-0.3, -0.25) is 4.90 Å². The summed E-state index contributed by atoms with van der Waals surface area (Å²) in [5.74, 6) is 1.78. The maximum atomic E-state index is 5.30. The Hall–Kier alpha value is -3.13. The van der Waals surface area contributed by atoms with Crippen molar-refractivity contribution in [3.8, 4) is 5.75 Å². The summed E-state index contributed by atoms with van der Waals surface area (Å²) in [7, 11) is 5.82. The van der Waals surface area contributed by atoms with Gasteiger partial charge in [-0.05, 0) is 66.2 Å². The van der Waals surface area contributed by atoms with Crippen LogP contribution in [0.1, 0.15) is 37.3 Å². The molecule has 2 heterocycles. The molecule has 0 bridgehead atoms. The number of anilines is 2. The number of hydrogen-bond acceptors (Lipinski definition) is 7. The van der Waals surface area contributed by atoms with Crippen molar-refractivity contribution >= 4 is 11.4 Å². The topological polar surface area (TPSA) is 62.6 Å². The number of ether oxygens (including phenoxy) is 1. The van der Waals surface area contributed by atoms with Crippen molar-refractivity contribution in [2.75, 3.05) is 57.2 Å². The van der Waals surface area contributed by atoms with Gasteiger partial charge in [0.05, 0.1) is 19.2 Å². The Morgan fingerprint density at radius 3 is 2.12 bits per heavy atom. The second kappa shape index (κ2) is 9.56. The van der Waals surface area contributed by atoms with Crippen LogP contribution in [0.2, 0.25) is 0 Å². The zero-order valence-corrected chi connectivity index (χ0v) is 19.6. The van der Waals surface area contributed by atoms with E-state index in [2.05, 4.69) is 94.6 Å². The summed E-state index contributed by atoms with van der Waals surface area (Å²) in [5, 5.41) is 12.8. The van der Waals surface area contributed by atoms with Gasteiger partial charge in [0.1, 0.15) is 5.75 Å². The molecular weight excluding hydrogens is 402 g/mol. The van der Waals surface area contributed by atoms with Crippen LogP contribution in [0, 0.1) is 0 Å². The van der Waals surface area contributed by atoms with Gasteiger partial charge in [0.2, 0.25) is 0 Å². The first-order valence-electron chi connectivity index (χ1n) is 11.2. The van der Waals surface area contributed by atoms with E-state index >= 15 is 0 Å². The smallest absolute Gasteiger partial charge is 0.173 e. The van der Waals surface area contributed by atoms with Gasteiger partial charge in [-0.25, -0.2) is 4.68 Å². The third-order valence-corrected chi connectivity index (χ3v) is 6.09. The molecule has 1 aliphatic rings. The first kappa shape index (κ1) is 22.1. The van der Waals surface area contributed by atoms with Gasteiger partial charge in [-0.2, -0.15) is 0 Å². The predicted molar refractivity (Wildman–Crippen MR) is 128 cm³/mol. The summed E-state index contributed by atoms with van der Waals surface area (Å²) in [4.78, 5) is 7.04. The van der Waals surface area contributed by atoms with Crippen LogP contribution in [0.5, 0.6) is 5.75 Å². The Morgan fingerprint density at radius 2 is 1.56 bits per heavy atom. The van der Waals surface area contributed by atoms with E-state index in [0.29, 0.717) is 0 Å². The Bertz CT molecular complexity index is 990. The Morgan fingerprint density at radius 1 is 0.906 bits per heavy atom. The summed E-state index contributed by atoms with van der Waals surface area (Å²) in [6.07, 6.45) is 0. The average Bonchev–Trinajstić information content (AvgIpc) is 3.30. The van der Waals surface area contributed by atoms with E-state index in [-0.39, 0.29) is 12.1 Å². The highest BCUT2D eigenvalue weighted by Gasteiger charge is 2.31. The largest absolute Gasteiger partial charge is 0.497 e. The monoisotopic (exact) mass is 435 g/mol. The summed E-state index contributed by atoms with van der Waals surface area (Å²) >= 11 is 0. The summed E-state index contributed by atoms with van der Waals surface area (Å²) < 4.78 is 7.24. The maximum Gasteiger partial charge on any atom is 0.173 e. The third kappa shape index (κ3) is 4.55. The zero-order chi connectivity index (χ0) is 22.7. The Balaban J connectivity index is 1.58. The van der Waals surface area contributed by atoms with Crippen LogP contribution in [0.25, 0.3) is 0 Å². The molecule has 0 spiro atoms. The zero-order valence-electron chi connectivity index (χ0n) is 19.6. The van der Waals surface area contributed by atoms with Crippen molar-refractivity contribution < 1.29 is 4.74 Å². The lowest BCUT2D eigenvalue weighted by atomic mass is 10.0. The maximum absolute atomic E-state index is 5.30. The standard InChI is InChI=1S/C24H33N7O/c1-18(2)31-24(25-26-27-31)23(19-6-8-20(9-7-19)28(3)4)30-16-14-29(15-17-30)21-10-12-22(32-5)13-11-21/h6-13,18,23H,14-17H2,1-5H3/t23-/m0/s1. The molecule has 170 valence electrons. The second-order valence-electron chi connectivity index (χ2n) is 8.68. The van der Waals surface area contributed by atoms with Crippen molar-refractivity contribution in [2.45, 2.75) is 25.9 Å². The van der Waals surface area contributed by atoms with Crippen molar-refractivity contribution in [1.82, 2.24) is 25.1 Å². The highest BCUT2D eigenvalue weighted by Crippen LogP contribution is 2.31. The van der Waals surface area contributed by atoms with Gasteiger partial charge in [0.25, 0.3) is 0 Å². The third-order valence-electron chi connectivity index (χ3n) is 6.09. The quantitative estimate of drug-likeness (QED) is 0.565. The van der Waals surface area contributed by atoms with E-state index < -0.39 is 0 Å². The molecule has 32 heavy (non-hydrogen) atoms. The highest BCUT2D eigenvalue weighted by atomic mass is 16.5. The lowest BCUT2D eigenvalue weighted by Gasteiger charge is -2.40. The molecule has 1 aromatic heterocycles. The van der Waals surface area contributed by atoms with Crippen molar-refractivity contribution in [2.24, 2.45) is 0 Å². The summed E-state index contributed by atoms with van der Waals surface area (Å²) in [5.41, 5.74) is 3.62. The van der Waals surface area contributed by atoms with Gasteiger partial charge in [0.15, 0.2) is 5.82 Å². The number of aromatic nitrogens is 4. The Kier molecular flexibility index (Phi) is 6.60. The van der Waals surface area contributed by atoms with Crippen LogP contribution >= 0.6 is 0 Å². The molecule has 0 amide bonds. The highest BCUT2D eigenvalue weighted by molar-refractivity contribution is 5.50. The fraction of sp³-hybridized carbons (Fsp3) is 0.458. The van der Waals surface area contributed by atoms with Crippen LogP contribution in [0.15, 0.2) is 48.5 Å². The number of hydrogen-bond donors (Lipinski definition) is 0. The molecule has 0 aliphatic carbocycles. The molecule has 0 N–H and O–H groups in total. The molecule has 0 radical (unpaired) electrons. The molecule has 4 rings (SSSR count). The summed E-state index contributed by atoms with van der Waals surface area (Å²) in [6, 6.07) is 17.3. The fourth-order valence-electron chi connectivity index (χ4n) is 4.26. The molecular formula is C24H33N7O. The minimum absolute atomic E-state index is 0.0154. The molecule has 8 heteroatoms. The van der Waals surface area contributed by atoms with E-state index in [0.717, 1.165) is 37.8 Å². The number of benzene rings is 2. The number of tetrazole rings is 1. The van der Waals surface area contributed by atoms with Crippen LogP contribution in [0.3, 0.4) is 0 Å². The van der Waals surface area contributed by atoms with E-state index in [9.17, 15) is 0 Å². The molecule has 3 aromatic rings. The molecule has 2 aromatic carbocycles. The molecule has 1 fully saturated rings. The molecule has 8 nitrogen and oxygen atoms in total. The summed E-state index contributed by atoms with van der Waals surface area (Å²) in [6.45, 7) is 7.99. The molecule has 0 saturated carbocycles. The van der Waals surface area contributed by atoms with E-state index in [1.807, 2.05) is 16.8 Å². The van der Waals surface area contributed by atoms with Gasteiger partial charge in [0, 0.05) is 51.6 Å². The van der Waals surface area contributed by atoms with E-state index in [1.54, 1.807) is 7.11 Å². The molecule has 0 unspecified atom stereocenters. The number of methoxy groups -OCH3 is 1. The first-order valence-corrected chi connectivity index (χ1v) is 11.2. The average molecular weight is 436 g/mol. The van der Waals surface area contributed by atoms with E-state index in [4.69, 9.17) is 4.74 Å². The second-order valence-corrected chi connectivity index (χ2v) is 8.68. The predicted octanol–water partition coefficient (Wildman–Crippen LogP) is 3.24. The normalized spacial score (nSPS) is 15.8. The van der Waals surface area contributed by atoms with Crippen LogP contribution in [-0.2, 0) is 0 Å². The van der Waals surface area contributed by atoms with Crippen molar-refractivity contribution in [1.29, 1.82) is 0 Å². The van der Waals surface area contributed by atoms with Crippen LogP contribution in [-0.4, -0.2) is 72.5 Å².